The van der Waals surface area contributed by atoms with E-state index in [1.165, 1.54) is 6.42 Å². The van der Waals surface area contributed by atoms with Gasteiger partial charge in [0, 0.05) is 31.4 Å². The van der Waals surface area contributed by atoms with Gasteiger partial charge in [0.05, 0.1) is 0 Å². The van der Waals surface area contributed by atoms with Crippen LogP contribution in [0.3, 0.4) is 0 Å². The number of nitrogens with one attached hydrogen (secondary N) is 1. The molecule has 4 heteroatoms. The van der Waals surface area contributed by atoms with Crippen LogP contribution in [0, 0.1) is 0 Å². The van der Waals surface area contributed by atoms with Gasteiger partial charge in [0.25, 0.3) is 0 Å². The maximum absolute atomic E-state index is 4.13. The van der Waals surface area contributed by atoms with E-state index in [1.807, 2.05) is 12.1 Å². The van der Waals surface area contributed by atoms with E-state index < -0.39 is 0 Å². The van der Waals surface area contributed by atoms with Crippen molar-refractivity contribution >= 4 is 5.82 Å². The first kappa shape index (κ1) is 7.26. The number of aromatic nitrogens is 2. The van der Waals surface area contributed by atoms with Crippen molar-refractivity contribution < 1.29 is 0 Å². The zero-order chi connectivity index (χ0) is 8.67. The molecule has 2 aliphatic rings. The number of rotatable bonds is 1. The first-order valence-corrected chi connectivity index (χ1v) is 4.71. The first-order valence-electron chi connectivity index (χ1n) is 4.71. The van der Waals surface area contributed by atoms with Gasteiger partial charge >= 0.3 is 0 Å². The smallest absolute Gasteiger partial charge is 0.151 e. The summed E-state index contributed by atoms with van der Waals surface area (Å²) in [7, 11) is 0. The Balaban J connectivity index is 1.87. The summed E-state index contributed by atoms with van der Waals surface area (Å²) in [6, 6.07) is 5.30. The number of piperazine rings is 1. The third-order valence-electron chi connectivity index (χ3n) is 2.91. The molecule has 0 amide bonds. The lowest BCUT2D eigenvalue weighted by Crippen LogP contribution is -2.44. The van der Waals surface area contributed by atoms with Gasteiger partial charge in [-0.15, -0.1) is 5.10 Å². The predicted molar refractivity (Wildman–Crippen MR) is 49.6 cm³/mol. The van der Waals surface area contributed by atoms with Crippen molar-refractivity contribution in [3.05, 3.63) is 18.3 Å². The Morgan fingerprint density at radius 2 is 2.54 bits per heavy atom. The lowest BCUT2D eigenvalue weighted by Gasteiger charge is -2.27. The van der Waals surface area contributed by atoms with E-state index in [4.69, 9.17) is 0 Å². The maximum Gasteiger partial charge on any atom is 0.151 e. The van der Waals surface area contributed by atoms with Gasteiger partial charge < -0.3 is 10.2 Å². The normalized spacial score (nSPS) is 31.2. The van der Waals surface area contributed by atoms with Crippen LogP contribution < -0.4 is 10.2 Å². The van der Waals surface area contributed by atoms with Crippen molar-refractivity contribution in [1.29, 1.82) is 0 Å². The van der Waals surface area contributed by atoms with E-state index in [-0.39, 0.29) is 0 Å². The van der Waals surface area contributed by atoms with Crippen LogP contribution >= 0.6 is 0 Å². The Morgan fingerprint density at radius 3 is 3.15 bits per heavy atom. The fourth-order valence-electron chi connectivity index (χ4n) is 2.29. The average molecular weight is 176 g/mol. The van der Waals surface area contributed by atoms with E-state index >= 15 is 0 Å². The Hall–Kier alpha value is -1.16. The lowest BCUT2D eigenvalue weighted by atomic mass is 10.2. The molecule has 4 nitrogen and oxygen atoms in total. The van der Waals surface area contributed by atoms with Crippen LogP contribution in [0.15, 0.2) is 18.3 Å². The van der Waals surface area contributed by atoms with Gasteiger partial charge in [-0.3, -0.25) is 0 Å². The number of hydrogen-bond donors (Lipinski definition) is 1. The summed E-state index contributed by atoms with van der Waals surface area (Å²) in [5.41, 5.74) is 0. The van der Waals surface area contributed by atoms with Crippen molar-refractivity contribution in [2.75, 3.05) is 18.0 Å². The Kier molecular flexibility index (Phi) is 1.49. The lowest BCUT2D eigenvalue weighted by molar-refractivity contribution is 0.574. The minimum absolute atomic E-state index is 0.640. The van der Waals surface area contributed by atoms with E-state index in [0.717, 1.165) is 18.9 Å². The van der Waals surface area contributed by atoms with Gasteiger partial charge in [-0.25, -0.2) is 0 Å². The summed E-state index contributed by atoms with van der Waals surface area (Å²) in [5, 5.41) is 11.5. The summed E-state index contributed by atoms with van der Waals surface area (Å²) in [4.78, 5) is 2.36. The van der Waals surface area contributed by atoms with E-state index in [9.17, 15) is 0 Å². The molecule has 0 aliphatic carbocycles. The van der Waals surface area contributed by atoms with E-state index in [1.54, 1.807) is 6.20 Å². The van der Waals surface area contributed by atoms with Crippen molar-refractivity contribution in [3.63, 3.8) is 0 Å². The Labute approximate surface area is 77.0 Å². The number of anilines is 1. The second kappa shape index (κ2) is 2.67. The minimum Gasteiger partial charge on any atom is -0.349 e. The predicted octanol–water partition coefficient (Wildman–Crippen LogP) is 0.0271. The van der Waals surface area contributed by atoms with Crippen LogP contribution in [0.5, 0.6) is 0 Å². The van der Waals surface area contributed by atoms with Crippen LogP contribution in [0.2, 0.25) is 0 Å². The van der Waals surface area contributed by atoms with Crippen molar-refractivity contribution in [3.8, 4) is 0 Å². The molecule has 2 bridgehead atoms. The molecule has 2 atom stereocenters. The number of fused-ring (bicyclic) bond motifs is 2. The SMILES string of the molecule is c1cnnc(N2C[C@@H]3C[C@H]2CN3)c1. The molecule has 1 aromatic rings. The topological polar surface area (TPSA) is 41.1 Å². The molecular formula is C9H12N4. The monoisotopic (exact) mass is 176 g/mol. The molecule has 13 heavy (non-hydrogen) atoms. The molecule has 2 saturated heterocycles. The molecule has 1 N–H and O–H groups in total. The third-order valence-corrected chi connectivity index (χ3v) is 2.91. The second-order valence-electron chi connectivity index (χ2n) is 3.73. The summed E-state index contributed by atoms with van der Waals surface area (Å²) in [5.74, 6) is 1.02. The fraction of sp³-hybridized carbons (Fsp3) is 0.556. The Morgan fingerprint density at radius 1 is 1.54 bits per heavy atom. The molecule has 0 unspecified atom stereocenters. The summed E-state index contributed by atoms with van der Waals surface area (Å²) < 4.78 is 0. The van der Waals surface area contributed by atoms with Crippen LogP contribution in [0.1, 0.15) is 6.42 Å². The molecule has 3 rings (SSSR count). The van der Waals surface area contributed by atoms with Crippen LogP contribution in [0.4, 0.5) is 5.82 Å². The standard InChI is InChI=1S/C9H12N4/c1-2-9(12-11-3-1)13-6-7-4-8(13)5-10-7/h1-3,7-8,10H,4-6H2/t7-,8-/m0/s1. The minimum atomic E-state index is 0.640. The molecule has 68 valence electrons. The van der Waals surface area contributed by atoms with Gasteiger partial charge in [0.1, 0.15) is 0 Å². The van der Waals surface area contributed by atoms with Gasteiger partial charge in [0.2, 0.25) is 0 Å². The van der Waals surface area contributed by atoms with Crippen molar-refractivity contribution in [1.82, 2.24) is 15.5 Å². The van der Waals surface area contributed by atoms with Gasteiger partial charge in [0.15, 0.2) is 5.82 Å². The van der Waals surface area contributed by atoms with E-state index in [2.05, 4.69) is 20.4 Å². The maximum atomic E-state index is 4.13. The zero-order valence-electron chi connectivity index (χ0n) is 7.35. The molecule has 0 saturated carbocycles. The molecule has 0 radical (unpaired) electrons. The molecule has 0 aromatic carbocycles. The highest BCUT2D eigenvalue weighted by Crippen LogP contribution is 2.26. The molecule has 1 aromatic heterocycles. The first-order chi connectivity index (χ1) is 6.43. The average Bonchev–Trinajstić information content (AvgIpc) is 2.80. The highest BCUT2D eigenvalue weighted by atomic mass is 15.3. The highest BCUT2D eigenvalue weighted by molar-refractivity contribution is 5.41. The highest BCUT2D eigenvalue weighted by Gasteiger charge is 2.38. The summed E-state index contributed by atoms with van der Waals surface area (Å²) in [6.07, 6.45) is 2.98. The molecular weight excluding hydrogens is 164 g/mol. The fourth-order valence-corrected chi connectivity index (χ4v) is 2.29. The van der Waals surface area contributed by atoms with Crippen LogP contribution in [-0.2, 0) is 0 Å². The van der Waals surface area contributed by atoms with Crippen LogP contribution in [0.25, 0.3) is 0 Å². The molecule has 2 fully saturated rings. The third kappa shape index (κ3) is 1.09. The van der Waals surface area contributed by atoms with Crippen molar-refractivity contribution in [2.24, 2.45) is 0 Å². The van der Waals surface area contributed by atoms with Crippen LogP contribution in [-0.4, -0.2) is 35.4 Å². The van der Waals surface area contributed by atoms with E-state index in [0.29, 0.717) is 12.1 Å². The molecule has 0 spiro atoms. The number of nitrogens with zero attached hydrogens (tertiary/aromatic N) is 3. The molecule has 2 aliphatic heterocycles. The Bertz CT molecular complexity index is 300. The van der Waals surface area contributed by atoms with Gasteiger partial charge in [-0.1, -0.05) is 0 Å². The quantitative estimate of drug-likeness (QED) is 0.655. The summed E-state index contributed by atoms with van der Waals surface area (Å²) in [6.45, 7) is 2.19. The largest absolute Gasteiger partial charge is 0.349 e. The second-order valence-corrected chi connectivity index (χ2v) is 3.73. The van der Waals surface area contributed by atoms with Gasteiger partial charge in [-0.2, -0.15) is 5.10 Å². The number of hydrogen-bond acceptors (Lipinski definition) is 4. The van der Waals surface area contributed by atoms with Gasteiger partial charge in [-0.05, 0) is 18.6 Å². The molecule has 3 heterocycles. The zero-order valence-corrected chi connectivity index (χ0v) is 7.35. The van der Waals surface area contributed by atoms with Crippen molar-refractivity contribution in [2.45, 2.75) is 18.5 Å². The summed E-state index contributed by atoms with van der Waals surface area (Å²) >= 11 is 0.